The number of hydrogen-bond acceptors (Lipinski definition) is 3. The van der Waals surface area contributed by atoms with Crippen molar-refractivity contribution in [2.45, 2.75) is 44.1 Å². The van der Waals surface area contributed by atoms with E-state index in [0.29, 0.717) is 43.9 Å². The number of carbonyl (C=O) groups is 2. The summed E-state index contributed by atoms with van der Waals surface area (Å²) in [5.41, 5.74) is 0.775. The normalized spacial score (nSPS) is 20.0. The number of halogens is 1. The van der Waals surface area contributed by atoms with Gasteiger partial charge in [0.05, 0.1) is 0 Å². The summed E-state index contributed by atoms with van der Waals surface area (Å²) in [6.45, 7) is 1.25. The van der Waals surface area contributed by atoms with E-state index in [1.807, 2.05) is 24.3 Å². The second-order valence-corrected chi connectivity index (χ2v) is 6.76. The van der Waals surface area contributed by atoms with Crippen LogP contribution in [0, 0.1) is 0 Å². The van der Waals surface area contributed by atoms with Crippen LogP contribution in [0.5, 0.6) is 0 Å². The molecule has 0 unspecified atom stereocenters. The Morgan fingerprint density at radius 1 is 1.38 bits per heavy atom. The summed E-state index contributed by atoms with van der Waals surface area (Å²) in [4.78, 5) is 23.7. The van der Waals surface area contributed by atoms with Gasteiger partial charge in [0.1, 0.15) is 0 Å². The predicted molar refractivity (Wildman–Crippen MR) is 94.0 cm³/mol. The fourth-order valence-corrected chi connectivity index (χ4v) is 3.19. The summed E-state index contributed by atoms with van der Waals surface area (Å²) in [6, 6.07) is 7.65. The molecular formula is C18H25ClN2O3. The maximum absolute atomic E-state index is 12.0. The topological polar surface area (TPSA) is 67.4 Å². The van der Waals surface area contributed by atoms with Crippen LogP contribution >= 0.6 is 11.6 Å². The molecule has 132 valence electrons. The number of amides is 2. The van der Waals surface area contributed by atoms with Crippen molar-refractivity contribution in [3.8, 4) is 0 Å². The van der Waals surface area contributed by atoms with Gasteiger partial charge in [-0.1, -0.05) is 23.7 Å². The highest BCUT2D eigenvalue weighted by molar-refractivity contribution is 6.30. The van der Waals surface area contributed by atoms with Crippen LogP contribution < -0.4 is 10.6 Å². The zero-order valence-corrected chi connectivity index (χ0v) is 14.8. The minimum Gasteiger partial charge on any atom is -0.385 e. The molecule has 0 aliphatic carbocycles. The highest BCUT2D eigenvalue weighted by atomic mass is 35.5. The molecule has 1 aliphatic rings. The second-order valence-electron chi connectivity index (χ2n) is 6.33. The molecule has 2 rings (SSSR count). The van der Waals surface area contributed by atoms with Gasteiger partial charge in [0.2, 0.25) is 11.8 Å². The van der Waals surface area contributed by atoms with E-state index in [-0.39, 0.29) is 17.4 Å². The predicted octanol–water partition coefficient (Wildman–Crippen LogP) is 2.46. The molecule has 0 aromatic heterocycles. The standard InChI is InChI=1S/C18H25ClN2O3/c1-24-12-2-11-20-16(22)7-9-18(10-8-17(23)21-18)13-14-3-5-15(19)6-4-14/h3-6H,2,7-13H2,1H3,(H,20,22)(H,21,23)/t18-/m0/s1. The number of nitrogens with one attached hydrogen (secondary N) is 2. The molecule has 0 radical (unpaired) electrons. The maximum atomic E-state index is 12.0. The minimum absolute atomic E-state index is 0.0164. The maximum Gasteiger partial charge on any atom is 0.220 e. The Balaban J connectivity index is 1.89. The average Bonchev–Trinajstić information content (AvgIpc) is 2.93. The summed E-state index contributed by atoms with van der Waals surface area (Å²) in [5, 5.41) is 6.68. The lowest BCUT2D eigenvalue weighted by molar-refractivity contribution is -0.122. The smallest absolute Gasteiger partial charge is 0.220 e. The largest absolute Gasteiger partial charge is 0.385 e. The highest BCUT2D eigenvalue weighted by Gasteiger charge is 2.37. The van der Waals surface area contributed by atoms with Crippen LogP contribution in [0.3, 0.4) is 0 Å². The average molecular weight is 353 g/mol. The summed E-state index contributed by atoms with van der Waals surface area (Å²) >= 11 is 5.93. The molecule has 6 heteroatoms. The quantitative estimate of drug-likeness (QED) is 0.671. The van der Waals surface area contributed by atoms with E-state index in [1.165, 1.54) is 0 Å². The van der Waals surface area contributed by atoms with Gasteiger partial charge in [-0.25, -0.2) is 0 Å². The third-order valence-corrected chi connectivity index (χ3v) is 4.62. The van der Waals surface area contributed by atoms with Crippen molar-refractivity contribution in [2.75, 3.05) is 20.3 Å². The number of ether oxygens (including phenoxy) is 1. The van der Waals surface area contributed by atoms with E-state index in [2.05, 4.69) is 10.6 Å². The molecule has 5 nitrogen and oxygen atoms in total. The first-order chi connectivity index (χ1) is 11.5. The van der Waals surface area contributed by atoms with Crippen molar-refractivity contribution in [3.05, 3.63) is 34.9 Å². The highest BCUT2D eigenvalue weighted by Crippen LogP contribution is 2.29. The summed E-state index contributed by atoms with van der Waals surface area (Å²) in [6.07, 6.45) is 3.83. The molecule has 2 N–H and O–H groups in total. The third kappa shape index (κ3) is 5.80. The fourth-order valence-electron chi connectivity index (χ4n) is 3.06. The number of benzene rings is 1. The number of hydrogen-bond donors (Lipinski definition) is 2. The second kappa shape index (κ2) is 9.04. The number of carbonyl (C=O) groups excluding carboxylic acids is 2. The van der Waals surface area contributed by atoms with Crippen molar-refractivity contribution in [1.82, 2.24) is 10.6 Å². The van der Waals surface area contributed by atoms with E-state index in [0.717, 1.165) is 18.4 Å². The van der Waals surface area contributed by atoms with E-state index in [4.69, 9.17) is 16.3 Å². The SMILES string of the molecule is COCCCNC(=O)CC[C@@]1(Cc2ccc(Cl)cc2)CCC(=O)N1. The molecule has 1 aromatic rings. The van der Waals surface area contributed by atoms with E-state index < -0.39 is 0 Å². The lowest BCUT2D eigenvalue weighted by atomic mass is 9.85. The monoisotopic (exact) mass is 352 g/mol. The summed E-state index contributed by atoms with van der Waals surface area (Å²) in [7, 11) is 1.64. The number of rotatable bonds is 9. The minimum atomic E-state index is -0.339. The van der Waals surface area contributed by atoms with Crippen LogP contribution in [-0.2, 0) is 20.7 Å². The van der Waals surface area contributed by atoms with Gasteiger partial charge in [-0.15, -0.1) is 0 Å². The zero-order valence-electron chi connectivity index (χ0n) is 14.1. The summed E-state index contributed by atoms with van der Waals surface area (Å²) < 4.78 is 4.96. The van der Waals surface area contributed by atoms with Gasteiger partial charge in [-0.05, 0) is 43.4 Å². The third-order valence-electron chi connectivity index (χ3n) is 4.37. The number of methoxy groups -OCH3 is 1. The van der Waals surface area contributed by atoms with Crippen LogP contribution in [0.1, 0.15) is 37.7 Å². The van der Waals surface area contributed by atoms with Gasteiger partial charge in [0.15, 0.2) is 0 Å². The van der Waals surface area contributed by atoms with Crippen LogP contribution in [-0.4, -0.2) is 37.6 Å². The molecule has 0 bridgehead atoms. The Hall–Kier alpha value is -1.59. The van der Waals surface area contributed by atoms with Crippen molar-refractivity contribution < 1.29 is 14.3 Å². The van der Waals surface area contributed by atoms with Gasteiger partial charge >= 0.3 is 0 Å². The fraction of sp³-hybridized carbons (Fsp3) is 0.556. The molecule has 1 heterocycles. The molecule has 2 amide bonds. The molecule has 0 spiro atoms. The first kappa shape index (κ1) is 18.7. The van der Waals surface area contributed by atoms with Crippen molar-refractivity contribution >= 4 is 23.4 Å². The molecule has 1 saturated heterocycles. The van der Waals surface area contributed by atoms with E-state index in [1.54, 1.807) is 7.11 Å². The molecule has 24 heavy (non-hydrogen) atoms. The van der Waals surface area contributed by atoms with Gasteiger partial charge in [0, 0.05) is 43.7 Å². The molecule has 1 aromatic carbocycles. The Morgan fingerprint density at radius 2 is 2.12 bits per heavy atom. The first-order valence-corrected chi connectivity index (χ1v) is 8.72. The van der Waals surface area contributed by atoms with Gasteiger partial charge in [-0.3, -0.25) is 9.59 Å². The Labute approximate surface area is 148 Å². The first-order valence-electron chi connectivity index (χ1n) is 8.34. The Bertz CT molecular complexity index is 562. The van der Waals surface area contributed by atoms with Gasteiger partial charge < -0.3 is 15.4 Å². The lowest BCUT2D eigenvalue weighted by Crippen LogP contribution is -2.44. The van der Waals surface area contributed by atoms with E-state index in [9.17, 15) is 9.59 Å². The Kier molecular flexibility index (Phi) is 7.06. The van der Waals surface area contributed by atoms with Crippen molar-refractivity contribution in [2.24, 2.45) is 0 Å². The zero-order chi connectivity index (χ0) is 17.4. The molecule has 1 fully saturated rings. The van der Waals surface area contributed by atoms with Crippen molar-refractivity contribution in [1.29, 1.82) is 0 Å². The van der Waals surface area contributed by atoms with E-state index >= 15 is 0 Å². The molecular weight excluding hydrogens is 328 g/mol. The van der Waals surface area contributed by atoms with Crippen LogP contribution in [0.15, 0.2) is 24.3 Å². The van der Waals surface area contributed by atoms with Crippen molar-refractivity contribution in [3.63, 3.8) is 0 Å². The Morgan fingerprint density at radius 3 is 2.75 bits per heavy atom. The van der Waals surface area contributed by atoms with Crippen LogP contribution in [0.4, 0.5) is 0 Å². The molecule has 0 saturated carbocycles. The molecule has 1 atom stereocenters. The lowest BCUT2D eigenvalue weighted by Gasteiger charge is -2.29. The summed E-state index contributed by atoms with van der Waals surface area (Å²) in [5.74, 6) is 0.0761. The van der Waals surface area contributed by atoms with Gasteiger partial charge in [0.25, 0.3) is 0 Å². The van der Waals surface area contributed by atoms with Crippen LogP contribution in [0.25, 0.3) is 0 Å². The van der Waals surface area contributed by atoms with Gasteiger partial charge in [-0.2, -0.15) is 0 Å². The van der Waals surface area contributed by atoms with Crippen LogP contribution in [0.2, 0.25) is 5.02 Å². The molecule has 1 aliphatic heterocycles.